The first-order valence-corrected chi connectivity index (χ1v) is 14.9. The minimum absolute atomic E-state index is 0.0236. The average Bonchev–Trinajstić information content (AvgIpc) is 2.92. The maximum absolute atomic E-state index is 12.8. The van der Waals surface area contributed by atoms with Gasteiger partial charge < -0.3 is 14.7 Å². The van der Waals surface area contributed by atoms with E-state index >= 15 is 0 Å². The number of ether oxygens (including phenoxy) is 1. The normalized spacial score (nSPS) is 13.9. The van der Waals surface area contributed by atoms with Gasteiger partial charge in [0.05, 0.1) is 29.2 Å². The molecule has 2 heterocycles. The third-order valence-electron chi connectivity index (χ3n) is 6.76. The van der Waals surface area contributed by atoms with Crippen molar-refractivity contribution in [1.82, 2.24) is 9.71 Å². The lowest BCUT2D eigenvalue weighted by Gasteiger charge is -2.33. The van der Waals surface area contributed by atoms with E-state index in [-0.39, 0.29) is 48.0 Å². The van der Waals surface area contributed by atoms with Crippen LogP contribution in [0.1, 0.15) is 72.3 Å². The van der Waals surface area contributed by atoms with Crippen LogP contribution in [0.2, 0.25) is 0 Å². The fourth-order valence-corrected chi connectivity index (χ4v) is 6.04. The van der Waals surface area contributed by atoms with Gasteiger partial charge in [0.1, 0.15) is 11.9 Å². The molecular formula is C28H34N4O7S. The largest absolute Gasteiger partial charge is 0.478 e. The second-order valence-electron chi connectivity index (χ2n) is 9.51. The van der Waals surface area contributed by atoms with Gasteiger partial charge in [-0.25, -0.2) is 18.2 Å². The zero-order valence-corrected chi connectivity index (χ0v) is 23.5. The van der Waals surface area contributed by atoms with Crippen molar-refractivity contribution < 1.29 is 32.6 Å². The third kappa shape index (κ3) is 7.79. The lowest BCUT2D eigenvalue weighted by Crippen LogP contribution is -2.43. The molecule has 0 aliphatic carbocycles. The highest BCUT2D eigenvalue weighted by atomic mass is 32.2. The quantitative estimate of drug-likeness (QED) is 0.362. The van der Waals surface area contributed by atoms with Gasteiger partial charge in [0, 0.05) is 25.4 Å². The minimum Gasteiger partial charge on any atom is -0.478 e. The molecule has 12 heteroatoms. The van der Waals surface area contributed by atoms with Gasteiger partial charge in [-0.2, -0.15) is 5.26 Å². The summed E-state index contributed by atoms with van der Waals surface area (Å²) < 4.78 is 32.2. The van der Waals surface area contributed by atoms with Gasteiger partial charge in [-0.05, 0) is 50.2 Å². The lowest BCUT2D eigenvalue weighted by atomic mass is 9.93. The molecule has 0 bridgehead atoms. The molecular weight excluding hydrogens is 536 g/mol. The summed E-state index contributed by atoms with van der Waals surface area (Å²) in [7, 11) is -3.86. The Bertz CT molecular complexity index is 1380. The van der Waals surface area contributed by atoms with Crippen LogP contribution in [-0.4, -0.2) is 56.1 Å². The molecule has 2 N–H and O–H groups in total. The van der Waals surface area contributed by atoms with Gasteiger partial charge in [0.2, 0.25) is 15.9 Å². The number of amides is 1. The number of carbonyl (C=O) groups is 3. The Balaban J connectivity index is 1.76. The molecule has 1 fully saturated rings. The van der Waals surface area contributed by atoms with Gasteiger partial charge in [0.25, 0.3) is 0 Å². The molecule has 1 amide bonds. The molecule has 1 aliphatic heterocycles. The number of aromatic nitrogens is 1. The van der Waals surface area contributed by atoms with Crippen molar-refractivity contribution in [3.63, 3.8) is 0 Å². The van der Waals surface area contributed by atoms with Crippen LogP contribution in [0.25, 0.3) is 0 Å². The molecule has 0 spiro atoms. The third-order valence-corrected chi connectivity index (χ3v) is 7.98. The van der Waals surface area contributed by atoms with E-state index in [9.17, 15) is 33.2 Å². The Morgan fingerprint density at radius 3 is 2.42 bits per heavy atom. The van der Waals surface area contributed by atoms with Crippen LogP contribution >= 0.6 is 0 Å². The number of anilines is 1. The van der Waals surface area contributed by atoms with E-state index in [1.165, 1.54) is 0 Å². The number of aryl methyl sites for hydroxylation is 1. The molecule has 1 aromatic carbocycles. The Labute approximate surface area is 234 Å². The Hall–Kier alpha value is -3.98. The van der Waals surface area contributed by atoms with Crippen molar-refractivity contribution in [3.05, 3.63) is 58.3 Å². The molecule has 1 aromatic heterocycles. The van der Waals surface area contributed by atoms with Gasteiger partial charge in [-0.15, -0.1) is 0 Å². The minimum atomic E-state index is -3.86. The SMILES string of the molecule is CCOC(=O)CCCc1nc(N2CCC(C(=O)NS(=O)(=O)Cc3ccccc3)CC2)c(C#N)c(CC)c1C(=O)O. The summed E-state index contributed by atoms with van der Waals surface area (Å²) in [6.45, 7) is 4.39. The van der Waals surface area contributed by atoms with Crippen LogP contribution < -0.4 is 9.62 Å². The smallest absolute Gasteiger partial charge is 0.337 e. The number of sulfonamides is 1. The van der Waals surface area contributed by atoms with Crippen molar-refractivity contribution in [2.75, 3.05) is 24.6 Å². The van der Waals surface area contributed by atoms with Crippen molar-refractivity contribution in [2.45, 2.75) is 58.1 Å². The van der Waals surface area contributed by atoms with E-state index in [2.05, 4.69) is 15.8 Å². The molecule has 0 saturated carbocycles. The molecule has 0 radical (unpaired) electrons. The molecule has 2 aromatic rings. The summed E-state index contributed by atoms with van der Waals surface area (Å²) in [5.41, 5.74) is 1.38. The number of nitrogens with zero attached hydrogens (tertiary/aromatic N) is 3. The van der Waals surface area contributed by atoms with Gasteiger partial charge in [-0.3, -0.25) is 14.3 Å². The molecule has 3 rings (SSSR count). The second kappa shape index (κ2) is 13.9. The number of rotatable bonds is 12. The van der Waals surface area contributed by atoms with Crippen LogP contribution in [0, 0.1) is 17.2 Å². The fraction of sp³-hybridized carbons (Fsp3) is 0.464. The highest BCUT2D eigenvalue weighted by Crippen LogP contribution is 2.31. The molecule has 0 unspecified atom stereocenters. The van der Waals surface area contributed by atoms with E-state index in [1.54, 1.807) is 44.2 Å². The number of carboxylic acids is 1. The Morgan fingerprint density at radius 2 is 1.85 bits per heavy atom. The van der Waals surface area contributed by atoms with Crippen LogP contribution in [-0.2, 0) is 42.9 Å². The van der Waals surface area contributed by atoms with Crippen LogP contribution in [0.15, 0.2) is 30.3 Å². The van der Waals surface area contributed by atoms with Gasteiger partial charge in [0.15, 0.2) is 0 Å². The topological polar surface area (TPSA) is 167 Å². The zero-order chi connectivity index (χ0) is 29.3. The highest BCUT2D eigenvalue weighted by molar-refractivity contribution is 7.89. The van der Waals surface area contributed by atoms with Gasteiger partial charge in [-0.1, -0.05) is 37.3 Å². The van der Waals surface area contributed by atoms with E-state index in [0.29, 0.717) is 55.7 Å². The maximum Gasteiger partial charge on any atom is 0.337 e. The predicted molar refractivity (Wildman–Crippen MR) is 147 cm³/mol. The number of esters is 1. The van der Waals surface area contributed by atoms with E-state index < -0.39 is 27.8 Å². The first-order chi connectivity index (χ1) is 19.1. The number of nitriles is 1. The molecule has 1 saturated heterocycles. The number of hydrogen-bond acceptors (Lipinski definition) is 9. The van der Waals surface area contributed by atoms with Crippen LogP contribution in [0.4, 0.5) is 5.82 Å². The summed E-state index contributed by atoms with van der Waals surface area (Å²) in [4.78, 5) is 43.1. The number of carboxylic acid groups (broad SMARTS) is 1. The molecule has 40 heavy (non-hydrogen) atoms. The summed E-state index contributed by atoms with van der Waals surface area (Å²) in [6.07, 6.45) is 1.62. The number of aromatic carboxylic acids is 1. The Morgan fingerprint density at radius 1 is 1.18 bits per heavy atom. The second-order valence-corrected chi connectivity index (χ2v) is 11.2. The van der Waals surface area contributed by atoms with Gasteiger partial charge >= 0.3 is 11.9 Å². The number of carbonyl (C=O) groups excluding carboxylic acids is 2. The van der Waals surface area contributed by atoms with E-state index in [4.69, 9.17) is 4.74 Å². The maximum atomic E-state index is 12.8. The summed E-state index contributed by atoms with van der Waals surface area (Å²) in [5, 5.41) is 19.9. The number of pyridine rings is 1. The summed E-state index contributed by atoms with van der Waals surface area (Å²) >= 11 is 0. The van der Waals surface area contributed by atoms with E-state index in [0.717, 1.165) is 0 Å². The van der Waals surface area contributed by atoms with Crippen LogP contribution in [0.3, 0.4) is 0 Å². The summed E-state index contributed by atoms with van der Waals surface area (Å²) in [6, 6.07) is 10.7. The zero-order valence-electron chi connectivity index (χ0n) is 22.7. The number of nitrogens with one attached hydrogen (secondary N) is 1. The number of hydrogen-bond donors (Lipinski definition) is 2. The number of piperidine rings is 1. The highest BCUT2D eigenvalue weighted by Gasteiger charge is 2.31. The standard InChI is InChI=1S/C28H34N4O7S/c1-3-21-22(17-29)26(30-23(25(21)28(35)36)11-8-12-24(33)39-4-2)32-15-13-20(14-16-32)27(34)31-40(37,38)18-19-9-6-5-7-10-19/h5-7,9-10,20H,3-4,8,11-16,18H2,1-2H3,(H,31,34)(H,35,36). The molecule has 11 nitrogen and oxygen atoms in total. The monoisotopic (exact) mass is 570 g/mol. The first kappa shape index (κ1) is 30.6. The predicted octanol–water partition coefficient (Wildman–Crippen LogP) is 2.96. The van der Waals surface area contributed by atoms with Crippen molar-refractivity contribution in [1.29, 1.82) is 5.26 Å². The Kier molecular flexibility index (Phi) is 10.6. The lowest BCUT2D eigenvalue weighted by molar-refractivity contribution is -0.143. The van der Waals surface area contributed by atoms with Crippen molar-refractivity contribution >= 4 is 33.7 Å². The fourth-order valence-electron chi connectivity index (χ4n) is 4.86. The average molecular weight is 571 g/mol. The van der Waals surface area contributed by atoms with Crippen LogP contribution in [0.5, 0.6) is 0 Å². The molecule has 0 atom stereocenters. The molecule has 214 valence electrons. The van der Waals surface area contributed by atoms with E-state index in [1.807, 2.05) is 4.90 Å². The van der Waals surface area contributed by atoms with Crippen molar-refractivity contribution in [2.24, 2.45) is 5.92 Å². The molecule has 1 aliphatic rings. The first-order valence-electron chi connectivity index (χ1n) is 13.3. The van der Waals surface area contributed by atoms with Crippen molar-refractivity contribution in [3.8, 4) is 6.07 Å². The number of benzene rings is 1. The summed E-state index contributed by atoms with van der Waals surface area (Å²) in [5.74, 6) is -2.64.